The summed E-state index contributed by atoms with van der Waals surface area (Å²) in [5.74, 6) is -0.600. The van der Waals surface area contributed by atoms with E-state index >= 15 is 0 Å². The molecule has 0 spiro atoms. The molecule has 29 heavy (non-hydrogen) atoms. The Kier molecular flexibility index (Phi) is 5.91. The van der Waals surface area contributed by atoms with Crippen LogP contribution in [0.2, 0.25) is 0 Å². The number of morpholine rings is 1. The van der Waals surface area contributed by atoms with Gasteiger partial charge in [-0.05, 0) is 29.8 Å². The minimum Gasteiger partial charge on any atom is -0.379 e. The highest BCUT2D eigenvalue weighted by Crippen LogP contribution is 2.23. The summed E-state index contributed by atoms with van der Waals surface area (Å²) < 4.78 is 52.1. The summed E-state index contributed by atoms with van der Waals surface area (Å²) in [6.45, 7) is 2.68. The summed E-state index contributed by atoms with van der Waals surface area (Å²) in [7, 11) is -3.65. The number of sulfonamides is 1. The summed E-state index contributed by atoms with van der Waals surface area (Å²) >= 11 is 0. The smallest absolute Gasteiger partial charge is 0.217 e. The summed E-state index contributed by atoms with van der Waals surface area (Å²) in [6, 6.07) is 13.1. The molecule has 9 heteroatoms. The minimum absolute atomic E-state index is 0.170. The fraction of sp³-hybridized carbons (Fsp3) is 0.350. The Labute approximate surface area is 168 Å². The van der Waals surface area contributed by atoms with Gasteiger partial charge in [0.15, 0.2) is 5.58 Å². The molecule has 7 nitrogen and oxygen atoms in total. The van der Waals surface area contributed by atoms with Crippen molar-refractivity contribution in [3.05, 3.63) is 65.6 Å². The molecule has 0 aliphatic carbocycles. The van der Waals surface area contributed by atoms with Gasteiger partial charge in [0, 0.05) is 31.1 Å². The van der Waals surface area contributed by atoms with Crippen molar-refractivity contribution in [3.63, 3.8) is 0 Å². The predicted octanol–water partition coefficient (Wildman–Crippen LogP) is 2.46. The SMILES string of the molecule is O=S(=O)(Cc1noc2ccccc12)NC[C@@H](c1ccc(F)cc1)N1CCOCC1. The molecule has 154 valence electrons. The van der Waals surface area contributed by atoms with Crippen LogP contribution >= 0.6 is 0 Å². The number of benzene rings is 2. The Bertz CT molecular complexity index is 1060. The van der Waals surface area contributed by atoms with E-state index < -0.39 is 10.0 Å². The first-order valence-electron chi connectivity index (χ1n) is 9.40. The maximum Gasteiger partial charge on any atom is 0.217 e. The lowest BCUT2D eigenvalue weighted by atomic mass is 10.0. The monoisotopic (exact) mass is 419 g/mol. The number of nitrogens with one attached hydrogen (secondary N) is 1. The second-order valence-electron chi connectivity index (χ2n) is 6.95. The van der Waals surface area contributed by atoms with E-state index in [4.69, 9.17) is 9.26 Å². The van der Waals surface area contributed by atoms with E-state index in [1.165, 1.54) is 12.1 Å². The van der Waals surface area contributed by atoms with Crippen molar-refractivity contribution in [1.82, 2.24) is 14.8 Å². The van der Waals surface area contributed by atoms with E-state index in [0.29, 0.717) is 43.0 Å². The summed E-state index contributed by atoms with van der Waals surface area (Å²) in [6.07, 6.45) is 0. The van der Waals surface area contributed by atoms with E-state index in [9.17, 15) is 12.8 Å². The molecule has 0 unspecified atom stereocenters. The Balaban J connectivity index is 1.50. The molecule has 0 amide bonds. The molecule has 1 aliphatic heterocycles. The van der Waals surface area contributed by atoms with Crippen molar-refractivity contribution in [2.75, 3.05) is 32.8 Å². The quantitative estimate of drug-likeness (QED) is 0.633. The van der Waals surface area contributed by atoms with Gasteiger partial charge in [-0.15, -0.1) is 0 Å². The van der Waals surface area contributed by atoms with Gasteiger partial charge in [0.1, 0.15) is 17.3 Å². The van der Waals surface area contributed by atoms with Crippen molar-refractivity contribution in [3.8, 4) is 0 Å². The van der Waals surface area contributed by atoms with Gasteiger partial charge in [-0.1, -0.05) is 29.4 Å². The first-order valence-corrected chi connectivity index (χ1v) is 11.0. The third-order valence-electron chi connectivity index (χ3n) is 5.02. The van der Waals surface area contributed by atoms with Crippen molar-refractivity contribution < 1.29 is 22.1 Å². The standard InChI is InChI=1S/C20H22FN3O4S/c21-16-7-5-15(6-8-16)19(24-9-11-27-12-10-24)13-22-29(25,26)14-18-17-3-1-2-4-20(17)28-23-18/h1-8,19,22H,9-14H2/t19-/m0/s1. The zero-order chi connectivity index (χ0) is 20.3. The number of hydrogen-bond acceptors (Lipinski definition) is 6. The maximum atomic E-state index is 13.3. The van der Waals surface area contributed by atoms with E-state index in [2.05, 4.69) is 14.8 Å². The molecule has 2 aromatic carbocycles. The van der Waals surface area contributed by atoms with Crippen LogP contribution in [0.5, 0.6) is 0 Å². The number of rotatable bonds is 7. The van der Waals surface area contributed by atoms with E-state index in [-0.39, 0.29) is 24.2 Å². The molecule has 1 aromatic heterocycles. The van der Waals surface area contributed by atoms with Crippen LogP contribution in [-0.4, -0.2) is 51.3 Å². The Morgan fingerprint density at radius 3 is 2.59 bits per heavy atom. The molecule has 4 rings (SSSR count). The van der Waals surface area contributed by atoms with Crippen molar-refractivity contribution in [2.24, 2.45) is 0 Å². The lowest BCUT2D eigenvalue weighted by Crippen LogP contribution is -2.44. The molecule has 1 N–H and O–H groups in total. The van der Waals surface area contributed by atoms with Gasteiger partial charge in [0.05, 0.1) is 13.2 Å². The van der Waals surface area contributed by atoms with Crippen LogP contribution in [-0.2, 0) is 20.5 Å². The van der Waals surface area contributed by atoms with Crippen LogP contribution in [0.4, 0.5) is 4.39 Å². The fourth-order valence-electron chi connectivity index (χ4n) is 3.51. The lowest BCUT2D eigenvalue weighted by Gasteiger charge is -2.34. The minimum atomic E-state index is -3.65. The van der Waals surface area contributed by atoms with Gasteiger partial charge in [-0.2, -0.15) is 0 Å². The Morgan fingerprint density at radius 2 is 1.83 bits per heavy atom. The third kappa shape index (κ3) is 4.81. The number of nitrogens with zero attached hydrogens (tertiary/aromatic N) is 2. The van der Waals surface area contributed by atoms with Gasteiger partial charge in [0.2, 0.25) is 10.0 Å². The highest BCUT2D eigenvalue weighted by atomic mass is 32.2. The topological polar surface area (TPSA) is 84.7 Å². The van der Waals surface area contributed by atoms with E-state index in [0.717, 1.165) is 5.56 Å². The lowest BCUT2D eigenvalue weighted by molar-refractivity contribution is 0.0172. The Morgan fingerprint density at radius 1 is 1.10 bits per heavy atom. The summed E-state index contributed by atoms with van der Waals surface area (Å²) in [5.41, 5.74) is 1.77. The largest absolute Gasteiger partial charge is 0.379 e. The van der Waals surface area contributed by atoms with Gasteiger partial charge >= 0.3 is 0 Å². The van der Waals surface area contributed by atoms with Gasteiger partial charge in [-0.3, -0.25) is 4.90 Å². The maximum absolute atomic E-state index is 13.3. The average Bonchev–Trinajstić information content (AvgIpc) is 3.12. The molecule has 2 heterocycles. The first-order chi connectivity index (χ1) is 14.0. The molecule has 1 atom stereocenters. The highest BCUT2D eigenvalue weighted by molar-refractivity contribution is 7.88. The molecule has 0 saturated carbocycles. The number of para-hydroxylation sites is 1. The van der Waals surface area contributed by atoms with E-state index in [1.807, 2.05) is 6.07 Å². The van der Waals surface area contributed by atoms with Crippen LogP contribution < -0.4 is 4.72 Å². The number of fused-ring (bicyclic) bond motifs is 1. The molecule has 1 fully saturated rings. The van der Waals surface area contributed by atoms with Crippen LogP contribution in [0.3, 0.4) is 0 Å². The summed E-state index contributed by atoms with van der Waals surface area (Å²) in [4.78, 5) is 2.14. The average molecular weight is 419 g/mol. The zero-order valence-corrected chi connectivity index (χ0v) is 16.6. The van der Waals surface area contributed by atoms with Gasteiger partial charge in [0.25, 0.3) is 0 Å². The summed E-state index contributed by atoms with van der Waals surface area (Å²) in [5, 5.41) is 4.58. The number of hydrogen-bond donors (Lipinski definition) is 1. The van der Waals surface area contributed by atoms with Crippen LogP contribution in [0.1, 0.15) is 17.3 Å². The molecule has 1 saturated heterocycles. The molecule has 0 bridgehead atoms. The number of ether oxygens (including phenoxy) is 1. The van der Waals surface area contributed by atoms with Gasteiger partial charge in [-0.25, -0.2) is 17.5 Å². The van der Waals surface area contributed by atoms with E-state index in [1.54, 1.807) is 30.3 Å². The molecule has 1 aliphatic rings. The van der Waals surface area contributed by atoms with Crippen molar-refractivity contribution >= 4 is 21.0 Å². The molecule has 0 radical (unpaired) electrons. The molecular weight excluding hydrogens is 397 g/mol. The normalized spacial score (nSPS) is 16.9. The van der Waals surface area contributed by atoms with Crippen molar-refractivity contribution in [1.29, 1.82) is 0 Å². The number of aromatic nitrogens is 1. The number of halogens is 1. The zero-order valence-electron chi connectivity index (χ0n) is 15.8. The fourth-order valence-corrected chi connectivity index (χ4v) is 4.59. The van der Waals surface area contributed by atoms with Gasteiger partial charge < -0.3 is 9.26 Å². The second-order valence-corrected chi connectivity index (χ2v) is 8.76. The molecular formula is C20H22FN3O4S. The molecule has 3 aromatic rings. The second kappa shape index (κ2) is 8.58. The van der Waals surface area contributed by atoms with Crippen LogP contribution in [0.15, 0.2) is 53.1 Å². The predicted molar refractivity (Wildman–Crippen MR) is 106 cm³/mol. The van der Waals surface area contributed by atoms with Crippen molar-refractivity contribution in [2.45, 2.75) is 11.8 Å². The highest BCUT2D eigenvalue weighted by Gasteiger charge is 2.25. The van der Waals surface area contributed by atoms with Crippen LogP contribution in [0.25, 0.3) is 11.0 Å². The third-order valence-corrected chi connectivity index (χ3v) is 6.28. The van der Waals surface area contributed by atoms with Crippen LogP contribution in [0, 0.1) is 5.82 Å². The Hall–Kier alpha value is -2.33. The first kappa shape index (κ1) is 20.0.